The standard InChI is InChI=1S/C19H32NO8P/c1-4-15(5-2)12-26-19(24)14(3)20-29(25,27-13-18(23)17(22)11-21)28-16-9-7-6-8-10-16/h6-10,14-15,17-18,21-23H,4-5,11-13H2,1-3H3,(H,20,25)/t14-,17-,18+,29?/m0/s1. The number of rotatable bonds is 14. The van der Waals surface area contributed by atoms with E-state index in [1.165, 1.54) is 6.92 Å². The molecule has 1 rings (SSSR count). The molecule has 4 atom stereocenters. The molecule has 0 aromatic heterocycles. The van der Waals surface area contributed by atoms with E-state index in [1.807, 2.05) is 13.8 Å². The van der Waals surface area contributed by atoms with Crippen LogP contribution in [0.5, 0.6) is 5.75 Å². The Hall–Kier alpha value is -1.48. The molecular weight excluding hydrogens is 401 g/mol. The quantitative estimate of drug-likeness (QED) is 0.256. The van der Waals surface area contributed by atoms with Gasteiger partial charge in [0, 0.05) is 0 Å². The van der Waals surface area contributed by atoms with Gasteiger partial charge in [0.2, 0.25) is 0 Å². The van der Waals surface area contributed by atoms with Crippen LogP contribution in [0.4, 0.5) is 0 Å². The first kappa shape index (κ1) is 25.6. The molecule has 1 unspecified atom stereocenters. The van der Waals surface area contributed by atoms with Crippen LogP contribution in [0.25, 0.3) is 0 Å². The van der Waals surface area contributed by atoms with Crippen molar-refractivity contribution in [3.8, 4) is 5.75 Å². The van der Waals surface area contributed by atoms with Gasteiger partial charge in [-0.1, -0.05) is 44.9 Å². The average molecular weight is 433 g/mol. The van der Waals surface area contributed by atoms with Gasteiger partial charge in [0.05, 0.1) is 19.8 Å². The summed E-state index contributed by atoms with van der Waals surface area (Å²) in [6.07, 6.45) is -1.22. The molecule has 0 aliphatic carbocycles. The van der Waals surface area contributed by atoms with Crippen LogP contribution in [0.1, 0.15) is 33.6 Å². The Morgan fingerprint density at radius 1 is 1.10 bits per heavy atom. The Balaban J connectivity index is 2.81. The summed E-state index contributed by atoms with van der Waals surface area (Å²) in [5, 5.41) is 30.6. The predicted molar refractivity (Wildman–Crippen MR) is 107 cm³/mol. The van der Waals surface area contributed by atoms with Gasteiger partial charge in [-0.05, 0) is 25.0 Å². The highest BCUT2D eigenvalue weighted by atomic mass is 31.2. The Labute approximate surface area is 171 Å². The number of aliphatic hydroxyl groups excluding tert-OH is 3. The second-order valence-electron chi connectivity index (χ2n) is 6.68. The fourth-order valence-electron chi connectivity index (χ4n) is 2.26. The molecule has 0 heterocycles. The van der Waals surface area contributed by atoms with Crippen molar-refractivity contribution in [3.63, 3.8) is 0 Å². The number of esters is 1. The van der Waals surface area contributed by atoms with E-state index in [-0.39, 0.29) is 18.3 Å². The normalized spacial score (nSPS) is 16.7. The second-order valence-corrected chi connectivity index (χ2v) is 8.37. The summed E-state index contributed by atoms with van der Waals surface area (Å²) >= 11 is 0. The molecule has 0 fully saturated rings. The largest absolute Gasteiger partial charge is 0.464 e. The van der Waals surface area contributed by atoms with Crippen LogP contribution in [0.3, 0.4) is 0 Å². The minimum atomic E-state index is -4.12. The zero-order valence-corrected chi connectivity index (χ0v) is 18.0. The second kappa shape index (κ2) is 13.0. The molecule has 0 saturated carbocycles. The van der Waals surface area contributed by atoms with Crippen LogP contribution < -0.4 is 9.61 Å². The lowest BCUT2D eigenvalue weighted by atomic mass is 10.1. The van der Waals surface area contributed by atoms with Crippen molar-refractivity contribution < 1.29 is 38.5 Å². The summed E-state index contributed by atoms with van der Waals surface area (Å²) < 4.78 is 29.0. The van der Waals surface area contributed by atoms with E-state index in [9.17, 15) is 19.6 Å². The van der Waals surface area contributed by atoms with Crippen molar-refractivity contribution in [2.24, 2.45) is 5.92 Å². The van der Waals surface area contributed by atoms with E-state index in [2.05, 4.69) is 5.09 Å². The van der Waals surface area contributed by atoms with Crippen LogP contribution in [0.15, 0.2) is 30.3 Å². The first-order chi connectivity index (χ1) is 13.7. The van der Waals surface area contributed by atoms with E-state index in [4.69, 9.17) is 18.9 Å². The zero-order valence-electron chi connectivity index (χ0n) is 17.1. The van der Waals surface area contributed by atoms with Crippen molar-refractivity contribution in [1.29, 1.82) is 0 Å². The summed E-state index contributed by atoms with van der Waals surface area (Å²) in [4.78, 5) is 12.3. The van der Waals surface area contributed by atoms with E-state index in [1.54, 1.807) is 30.3 Å². The van der Waals surface area contributed by atoms with Crippen LogP contribution in [-0.4, -0.2) is 59.4 Å². The zero-order chi connectivity index (χ0) is 21.9. The molecule has 0 amide bonds. The number of hydrogen-bond donors (Lipinski definition) is 4. The predicted octanol–water partition coefficient (Wildman–Crippen LogP) is 1.86. The number of hydrogen-bond acceptors (Lipinski definition) is 8. The molecule has 1 aromatic carbocycles. The van der Waals surface area contributed by atoms with Gasteiger partial charge >= 0.3 is 13.7 Å². The summed E-state index contributed by atoms with van der Waals surface area (Å²) in [6, 6.07) is 7.15. The molecule has 0 saturated heterocycles. The van der Waals surface area contributed by atoms with Gasteiger partial charge in [0.25, 0.3) is 0 Å². The van der Waals surface area contributed by atoms with Gasteiger partial charge < -0.3 is 24.6 Å². The van der Waals surface area contributed by atoms with E-state index < -0.39 is 45.2 Å². The van der Waals surface area contributed by atoms with Gasteiger partial charge in [-0.2, -0.15) is 5.09 Å². The first-order valence-corrected chi connectivity index (χ1v) is 11.2. The number of carbonyl (C=O) groups excluding carboxylic acids is 1. The van der Waals surface area contributed by atoms with Crippen molar-refractivity contribution in [2.45, 2.75) is 51.9 Å². The minimum Gasteiger partial charge on any atom is -0.464 e. The van der Waals surface area contributed by atoms with Crippen molar-refractivity contribution in [3.05, 3.63) is 30.3 Å². The van der Waals surface area contributed by atoms with Crippen molar-refractivity contribution >= 4 is 13.7 Å². The monoisotopic (exact) mass is 433 g/mol. The Morgan fingerprint density at radius 3 is 2.28 bits per heavy atom. The molecule has 10 heteroatoms. The third-order valence-corrected chi connectivity index (χ3v) is 5.98. The molecule has 9 nitrogen and oxygen atoms in total. The average Bonchev–Trinajstić information content (AvgIpc) is 2.72. The summed E-state index contributed by atoms with van der Waals surface area (Å²) in [5.41, 5.74) is 0. The van der Waals surface area contributed by atoms with E-state index in [0.29, 0.717) is 0 Å². The van der Waals surface area contributed by atoms with Crippen molar-refractivity contribution in [2.75, 3.05) is 19.8 Å². The number of benzene rings is 1. The highest BCUT2D eigenvalue weighted by Crippen LogP contribution is 2.45. The lowest BCUT2D eigenvalue weighted by molar-refractivity contribution is -0.146. The number of nitrogens with one attached hydrogen (secondary N) is 1. The van der Waals surface area contributed by atoms with Crippen LogP contribution >= 0.6 is 7.75 Å². The fraction of sp³-hybridized carbons (Fsp3) is 0.632. The number of carbonyl (C=O) groups is 1. The van der Waals surface area contributed by atoms with Crippen LogP contribution in [0, 0.1) is 5.92 Å². The number of ether oxygens (including phenoxy) is 1. The molecule has 0 spiro atoms. The molecule has 0 aliphatic rings. The van der Waals surface area contributed by atoms with Crippen LogP contribution in [0.2, 0.25) is 0 Å². The van der Waals surface area contributed by atoms with Gasteiger partial charge in [0.15, 0.2) is 0 Å². The maximum atomic E-state index is 13.1. The summed E-state index contributed by atoms with van der Waals surface area (Å²) in [7, 11) is -4.12. The Bertz CT molecular complexity index is 640. The number of para-hydroxylation sites is 1. The molecule has 166 valence electrons. The molecule has 1 aromatic rings. The topological polar surface area (TPSA) is 135 Å². The number of aliphatic hydroxyl groups is 3. The molecule has 0 bridgehead atoms. The molecule has 0 aliphatic heterocycles. The highest BCUT2D eigenvalue weighted by Gasteiger charge is 2.34. The van der Waals surface area contributed by atoms with E-state index >= 15 is 0 Å². The highest BCUT2D eigenvalue weighted by molar-refractivity contribution is 7.52. The smallest absolute Gasteiger partial charge is 0.459 e. The van der Waals surface area contributed by atoms with Gasteiger partial charge in [0.1, 0.15) is 24.0 Å². The molecule has 4 N–H and O–H groups in total. The summed E-state index contributed by atoms with van der Waals surface area (Å²) in [5.74, 6) is -0.156. The minimum absolute atomic E-state index is 0.220. The SMILES string of the molecule is CCC(CC)COC(=O)[C@H](C)NP(=O)(OC[C@@H](O)[C@@H](O)CO)Oc1ccccc1. The van der Waals surface area contributed by atoms with Crippen molar-refractivity contribution in [1.82, 2.24) is 5.09 Å². The third kappa shape index (κ3) is 9.25. The Kier molecular flexibility index (Phi) is 11.4. The summed E-state index contributed by atoms with van der Waals surface area (Å²) in [6.45, 7) is 4.44. The van der Waals surface area contributed by atoms with E-state index in [0.717, 1.165) is 12.8 Å². The lowest BCUT2D eigenvalue weighted by Gasteiger charge is -2.25. The van der Waals surface area contributed by atoms with Gasteiger partial charge in [-0.25, -0.2) is 4.57 Å². The Morgan fingerprint density at radius 2 is 1.72 bits per heavy atom. The van der Waals surface area contributed by atoms with Crippen LogP contribution in [-0.2, 0) is 18.6 Å². The van der Waals surface area contributed by atoms with Gasteiger partial charge in [-0.3, -0.25) is 9.32 Å². The van der Waals surface area contributed by atoms with Gasteiger partial charge in [-0.15, -0.1) is 0 Å². The molecule has 29 heavy (non-hydrogen) atoms. The fourth-order valence-corrected chi connectivity index (χ4v) is 3.76. The molecule has 0 radical (unpaired) electrons. The third-order valence-electron chi connectivity index (χ3n) is 4.34. The lowest BCUT2D eigenvalue weighted by Crippen LogP contribution is -2.38. The first-order valence-electron chi connectivity index (χ1n) is 9.65. The maximum absolute atomic E-state index is 13.1. The maximum Gasteiger partial charge on any atom is 0.459 e. The molecular formula is C19H32NO8P.